The SMILES string of the molecule is CC(C)CCn1c2c(cc(-c3nc(=S)[nH][nH]3)c1=O)CCC2. The Labute approximate surface area is 128 Å². The van der Waals surface area contributed by atoms with Crippen LogP contribution < -0.4 is 5.56 Å². The van der Waals surface area contributed by atoms with Crippen LogP contribution in [0, 0.1) is 10.7 Å². The lowest BCUT2D eigenvalue weighted by molar-refractivity contribution is 0.498. The first-order chi connectivity index (χ1) is 10.1. The molecule has 0 aliphatic heterocycles. The standard InChI is InChI=1S/C15H20N4OS/c1-9(2)6-7-19-12-5-3-4-10(12)8-11(14(19)20)13-16-15(21)18-17-13/h8-9H,3-7H2,1-2H3,(H2,16,17,18,21). The van der Waals surface area contributed by atoms with E-state index >= 15 is 0 Å². The van der Waals surface area contributed by atoms with Crippen LogP contribution in [0.1, 0.15) is 37.9 Å². The van der Waals surface area contributed by atoms with Crippen LogP contribution in [0.4, 0.5) is 0 Å². The monoisotopic (exact) mass is 304 g/mol. The van der Waals surface area contributed by atoms with Gasteiger partial charge in [-0.15, -0.1) is 0 Å². The summed E-state index contributed by atoms with van der Waals surface area (Å²) in [5.41, 5.74) is 3.13. The molecule has 0 aromatic carbocycles. The number of hydrogen-bond donors (Lipinski definition) is 2. The van der Waals surface area contributed by atoms with E-state index in [1.165, 1.54) is 11.3 Å². The first-order valence-electron chi connectivity index (χ1n) is 7.47. The van der Waals surface area contributed by atoms with Gasteiger partial charge in [0.15, 0.2) is 5.82 Å². The maximum Gasteiger partial charge on any atom is 0.261 e. The van der Waals surface area contributed by atoms with Gasteiger partial charge in [0.1, 0.15) is 0 Å². The first-order valence-corrected chi connectivity index (χ1v) is 7.87. The molecule has 1 aliphatic carbocycles. The average molecular weight is 304 g/mol. The van der Waals surface area contributed by atoms with Gasteiger partial charge in [0, 0.05) is 12.2 Å². The number of H-pyrrole nitrogens is 2. The van der Waals surface area contributed by atoms with Crippen LogP contribution in [0.5, 0.6) is 0 Å². The molecule has 1 aliphatic rings. The largest absolute Gasteiger partial charge is 0.312 e. The highest BCUT2D eigenvalue weighted by molar-refractivity contribution is 7.71. The van der Waals surface area contributed by atoms with Crippen molar-refractivity contribution < 1.29 is 0 Å². The van der Waals surface area contributed by atoms with Gasteiger partial charge in [-0.1, -0.05) is 13.8 Å². The number of nitrogens with zero attached hydrogens (tertiary/aromatic N) is 2. The fraction of sp³-hybridized carbons (Fsp3) is 0.533. The molecule has 0 saturated carbocycles. The number of hydrogen-bond acceptors (Lipinski definition) is 3. The molecular weight excluding hydrogens is 284 g/mol. The fourth-order valence-electron chi connectivity index (χ4n) is 2.91. The molecule has 0 saturated heterocycles. The second-order valence-electron chi connectivity index (χ2n) is 6.04. The third kappa shape index (κ3) is 2.72. The van der Waals surface area contributed by atoms with Crippen LogP contribution in [0.15, 0.2) is 10.9 Å². The zero-order chi connectivity index (χ0) is 15.0. The molecule has 0 bridgehead atoms. The third-order valence-corrected chi connectivity index (χ3v) is 4.23. The molecule has 5 nitrogen and oxygen atoms in total. The summed E-state index contributed by atoms with van der Waals surface area (Å²) in [6.07, 6.45) is 4.16. The summed E-state index contributed by atoms with van der Waals surface area (Å²) in [5, 5.41) is 5.65. The Morgan fingerprint density at radius 2 is 2.19 bits per heavy atom. The summed E-state index contributed by atoms with van der Waals surface area (Å²) in [6.45, 7) is 5.14. The molecule has 2 N–H and O–H groups in total. The van der Waals surface area contributed by atoms with Crippen LogP contribution in [0.2, 0.25) is 0 Å². The Balaban J connectivity index is 2.12. The van der Waals surface area contributed by atoms with Crippen molar-refractivity contribution in [3.05, 3.63) is 32.4 Å². The lowest BCUT2D eigenvalue weighted by Gasteiger charge is -2.15. The van der Waals surface area contributed by atoms with Gasteiger partial charge in [-0.2, -0.15) is 4.98 Å². The van der Waals surface area contributed by atoms with E-state index in [1.807, 2.05) is 10.6 Å². The molecule has 6 heteroatoms. The van der Waals surface area contributed by atoms with E-state index in [1.54, 1.807) is 0 Å². The smallest absolute Gasteiger partial charge is 0.261 e. The maximum atomic E-state index is 12.8. The van der Waals surface area contributed by atoms with Gasteiger partial charge in [0.2, 0.25) is 4.77 Å². The first kappa shape index (κ1) is 14.3. The number of aryl methyl sites for hydroxylation is 1. The number of aromatic amines is 2. The minimum atomic E-state index is 0.0362. The highest BCUT2D eigenvalue weighted by Crippen LogP contribution is 2.24. The Kier molecular flexibility index (Phi) is 3.80. The predicted octanol–water partition coefficient (Wildman–Crippen LogP) is 2.83. The molecule has 0 radical (unpaired) electrons. The number of pyridine rings is 1. The van der Waals surface area contributed by atoms with E-state index in [2.05, 4.69) is 29.0 Å². The van der Waals surface area contributed by atoms with Gasteiger partial charge in [-0.3, -0.25) is 15.0 Å². The van der Waals surface area contributed by atoms with Crippen molar-refractivity contribution in [2.24, 2.45) is 5.92 Å². The predicted molar refractivity (Wildman–Crippen MR) is 84.9 cm³/mol. The number of rotatable bonds is 4. The maximum absolute atomic E-state index is 12.8. The molecule has 2 aromatic rings. The van der Waals surface area contributed by atoms with Crippen molar-refractivity contribution >= 4 is 12.2 Å². The summed E-state index contributed by atoms with van der Waals surface area (Å²) in [7, 11) is 0. The van der Waals surface area contributed by atoms with Gasteiger partial charge >= 0.3 is 0 Å². The summed E-state index contributed by atoms with van der Waals surface area (Å²) >= 11 is 4.99. The molecular formula is C15H20N4OS. The quantitative estimate of drug-likeness (QED) is 0.854. The Morgan fingerprint density at radius 1 is 1.38 bits per heavy atom. The molecule has 0 unspecified atom stereocenters. The third-order valence-electron chi connectivity index (χ3n) is 4.04. The highest BCUT2D eigenvalue weighted by Gasteiger charge is 2.20. The fourth-order valence-corrected chi connectivity index (χ4v) is 3.05. The zero-order valence-corrected chi connectivity index (χ0v) is 13.2. The van der Waals surface area contributed by atoms with Gasteiger partial charge in [-0.25, -0.2) is 0 Å². The lowest BCUT2D eigenvalue weighted by Crippen LogP contribution is -2.26. The number of fused-ring (bicyclic) bond motifs is 1. The van der Waals surface area contributed by atoms with Crippen LogP contribution >= 0.6 is 12.2 Å². The van der Waals surface area contributed by atoms with Gasteiger partial charge in [0.25, 0.3) is 5.56 Å². The van der Waals surface area contributed by atoms with Crippen molar-refractivity contribution in [1.82, 2.24) is 19.7 Å². The minimum Gasteiger partial charge on any atom is -0.312 e. The highest BCUT2D eigenvalue weighted by atomic mass is 32.1. The van der Waals surface area contributed by atoms with E-state index < -0.39 is 0 Å². The van der Waals surface area contributed by atoms with Crippen LogP contribution in [0.3, 0.4) is 0 Å². The van der Waals surface area contributed by atoms with Gasteiger partial charge in [-0.05, 0) is 55.4 Å². The van der Waals surface area contributed by atoms with Crippen LogP contribution in [-0.4, -0.2) is 19.7 Å². The Morgan fingerprint density at radius 3 is 2.86 bits per heavy atom. The van der Waals surface area contributed by atoms with E-state index in [0.29, 0.717) is 22.1 Å². The van der Waals surface area contributed by atoms with E-state index in [-0.39, 0.29) is 5.56 Å². The topological polar surface area (TPSA) is 66.5 Å². The van der Waals surface area contributed by atoms with Crippen molar-refractivity contribution in [2.75, 3.05) is 0 Å². The normalized spacial score (nSPS) is 13.9. The molecule has 0 spiro atoms. The molecule has 3 rings (SSSR count). The molecule has 2 heterocycles. The second kappa shape index (κ2) is 5.60. The van der Waals surface area contributed by atoms with Crippen molar-refractivity contribution in [2.45, 2.75) is 46.1 Å². The van der Waals surface area contributed by atoms with Crippen molar-refractivity contribution in [1.29, 1.82) is 0 Å². The van der Waals surface area contributed by atoms with Gasteiger partial charge < -0.3 is 4.57 Å². The molecule has 2 aromatic heterocycles. The zero-order valence-electron chi connectivity index (χ0n) is 12.4. The summed E-state index contributed by atoms with van der Waals surface area (Å²) in [4.78, 5) is 17.0. The molecule has 0 atom stereocenters. The molecule has 0 amide bonds. The van der Waals surface area contributed by atoms with Gasteiger partial charge in [0.05, 0.1) is 5.56 Å². The Hall–Kier alpha value is -1.69. The lowest BCUT2D eigenvalue weighted by atomic mass is 10.1. The van der Waals surface area contributed by atoms with Crippen LogP contribution in [0.25, 0.3) is 11.4 Å². The molecule has 21 heavy (non-hydrogen) atoms. The van der Waals surface area contributed by atoms with E-state index in [0.717, 1.165) is 32.2 Å². The molecule has 112 valence electrons. The minimum absolute atomic E-state index is 0.0362. The number of nitrogens with one attached hydrogen (secondary N) is 2. The second-order valence-corrected chi connectivity index (χ2v) is 6.43. The Bertz CT molecular complexity index is 769. The van der Waals surface area contributed by atoms with Crippen molar-refractivity contribution in [3.8, 4) is 11.4 Å². The van der Waals surface area contributed by atoms with Crippen LogP contribution in [-0.2, 0) is 19.4 Å². The number of aromatic nitrogens is 4. The molecule has 0 fully saturated rings. The average Bonchev–Trinajstić information content (AvgIpc) is 3.05. The summed E-state index contributed by atoms with van der Waals surface area (Å²) in [5.74, 6) is 1.12. The van der Waals surface area contributed by atoms with E-state index in [4.69, 9.17) is 12.2 Å². The van der Waals surface area contributed by atoms with E-state index in [9.17, 15) is 4.79 Å². The van der Waals surface area contributed by atoms with Crippen molar-refractivity contribution in [3.63, 3.8) is 0 Å². The summed E-state index contributed by atoms with van der Waals surface area (Å²) in [6, 6.07) is 1.98. The summed E-state index contributed by atoms with van der Waals surface area (Å²) < 4.78 is 2.32.